The first kappa shape index (κ1) is 21.8. The summed E-state index contributed by atoms with van der Waals surface area (Å²) >= 11 is 6.12. The van der Waals surface area contributed by atoms with E-state index in [4.69, 9.17) is 11.6 Å². The van der Waals surface area contributed by atoms with E-state index in [1.807, 2.05) is 38.1 Å². The lowest BCUT2D eigenvalue weighted by molar-refractivity contribution is -0.130. The molecule has 1 saturated carbocycles. The first-order valence-electron chi connectivity index (χ1n) is 9.97. The number of hydrogen-bond donors (Lipinski definition) is 1. The topological polar surface area (TPSA) is 66.5 Å². The quantitative estimate of drug-likeness (QED) is 0.679. The number of carbonyl (C=O) groups excluding carboxylic acids is 1. The minimum atomic E-state index is -3.47. The number of carbonyl (C=O) groups is 1. The lowest BCUT2D eigenvalue weighted by atomic mass is 9.64. The van der Waals surface area contributed by atoms with Gasteiger partial charge in [-0.25, -0.2) is 8.42 Å². The average Bonchev–Trinajstić information content (AvgIpc) is 2.67. The zero-order valence-electron chi connectivity index (χ0n) is 16.8. The van der Waals surface area contributed by atoms with Gasteiger partial charge in [0.25, 0.3) is 0 Å². The zero-order chi connectivity index (χ0) is 21.1. The van der Waals surface area contributed by atoms with Crippen molar-refractivity contribution in [1.82, 2.24) is 9.62 Å². The van der Waals surface area contributed by atoms with Gasteiger partial charge in [0.2, 0.25) is 15.9 Å². The summed E-state index contributed by atoms with van der Waals surface area (Å²) in [5.74, 6) is -0.00847. The predicted molar refractivity (Wildman–Crippen MR) is 115 cm³/mol. The average molecular weight is 435 g/mol. The summed E-state index contributed by atoms with van der Waals surface area (Å²) in [5.41, 5.74) is 1.29. The maximum atomic E-state index is 13.0. The third-order valence-electron chi connectivity index (χ3n) is 5.74. The number of rotatable bonds is 8. The van der Waals surface area contributed by atoms with Gasteiger partial charge in [-0.05, 0) is 48.2 Å². The summed E-state index contributed by atoms with van der Waals surface area (Å²) in [6, 6.07) is 14.2. The Kier molecular flexibility index (Phi) is 6.66. The molecule has 0 saturated heterocycles. The minimum absolute atomic E-state index is 0.00847. The third kappa shape index (κ3) is 4.34. The van der Waals surface area contributed by atoms with Crippen LogP contribution in [0.15, 0.2) is 53.4 Å². The fraction of sp³-hybridized carbons (Fsp3) is 0.409. The first-order valence-corrected chi connectivity index (χ1v) is 11.8. The Labute approximate surface area is 178 Å². The highest BCUT2D eigenvalue weighted by molar-refractivity contribution is 7.89. The Balaban J connectivity index is 1.69. The molecule has 1 N–H and O–H groups in total. The van der Waals surface area contributed by atoms with Crippen LogP contribution in [0.2, 0.25) is 5.02 Å². The molecule has 1 fully saturated rings. The summed E-state index contributed by atoms with van der Waals surface area (Å²) in [5, 5.41) is 3.65. The SMILES string of the molecule is CCN(CC)S(=O)(=O)c1ccc(CNC(=O)C2(c3cccc(Cl)c3)CCC2)cc1. The van der Waals surface area contributed by atoms with Crippen molar-refractivity contribution in [3.8, 4) is 0 Å². The molecule has 7 heteroatoms. The van der Waals surface area contributed by atoms with Crippen molar-refractivity contribution in [3.63, 3.8) is 0 Å². The second-order valence-electron chi connectivity index (χ2n) is 7.36. The molecule has 2 aromatic carbocycles. The maximum Gasteiger partial charge on any atom is 0.243 e. The second-order valence-corrected chi connectivity index (χ2v) is 9.74. The molecule has 0 heterocycles. The van der Waals surface area contributed by atoms with Crippen LogP contribution in [-0.2, 0) is 26.8 Å². The summed E-state index contributed by atoms with van der Waals surface area (Å²) in [7, 11) is -3.47. The van der Waals surface area contributed by atoms with Gasteiger partial charge in [-0.2, -0.15) is 4.31 Å². The van der Waals surface area contributed by atoms with Gasteiger partial charge in [0, 0.05) is 24.7 Å². The number of halogens is 1. The van der Waals surface area contributed by atoms with E-state index in [9.17, 15) is 13.2 Å². The van der Waals surface area contributed by atoms with Gasteiger partial charge < -0.3 is 5.32 Å². The van der Waals surface area contributed by atoms with Gasteiger partial charge in [-0.3, -0.25) is 4.79 Å². The second kappa shape index (κ2) is 8.86. The summed E-state index contributed by atoms with van der Waals surface area (Å²) < 4.78 is 26.6. The Bertz CT molecular complexity index is 966. The molecule has 0 unspecified atom stereocenters. The lowest BCUT2D eigenvalue weighted by Gasteiger charge is -2.40. The number of nitrogens with one attached hydrogen (secondary N) is 1. The van der Waals surface area contributed by atoms with Gasteiger partial charge in [0.15, 0.2) is 0 Å². The monoisotopic (exact) mass is 434 g/mol. The molecule has 0 bridgehead atoms. The van der Waals surface area contributed by atoms with Gasteiger partial charge in [0.05, 0.1) is 10.3 Å². The van der Waals surface area contributed by atoms with Crippen LogP contribution in [-0.4, -0.2) is 31.7 Å². The molecule has 0 atom stereocenters. The smallest absolute Gasteiger partial charge is 0.243 e. The number of benzene rings is 2. The van der Waals surface area contributed by atoms with Crippen LogP contribution < -0.4 is 5.32 Å². The van der Waals surface area contributed by atoms with Crippen molar-refractivity contribution < 1.29 is 13.2 Å². The zero-order valence-corrected chi connectivity index (χ0v) is 18.4. The number of hydrogen-bond acceptors (Lipinski definition) is 3. The Hall–Kier alpha value is -1.89. The highest BCUT2D eigenvalue weighted by Crippen LogP contribution is 2.44. The third-order valence-corrected chi connectivity index (χ3v) is 8.04. The Morgan fingerprint density at radius 2 is 1.76 bits per heavy atom. The van der Waals surface area contributed by atoms with Crippen LogP contribution in [0.4, 0.5) is 0 Å². The molecule has 0 radical (unpaired) electrons. The van der Waals surface area contributed by atoms with E-state index in [1.54, 1.807) is 24.3 Å². The lowest BCUT2D eigenvalue weighted by Crippen LogP contribution is -2.49. The Morgan fingerprint density at radius 3 is 2.28 bits per heavy atom. The van der Waals surface area contributed by atoms with Crippen LogP contribution >= 0.6 is 11.6 Å². The van der Waals surface area contributed by atoms with Gasteiger partial charge >= 0.3 is 0 Å². The van der Waals surface area contributed by atoms with Gasteiger partial charge in [0.1, 0.15) is 0 Å². The molecule has 0 aromatic heterocycles. The molecule has 29 heavy (non-hydrogen) atoms. The molecule has 2 aromatic rings. The fourth-order valence-electron chi connectivity index (χ4n) is 3.81. The van der Waals surface area contributed by atoms with Crippen molar-refractivity contribution in [3.05, 3.63) is 64.7 Å². The largest absolute Gasteiger partial charge is 0.351 e. The number of amides is 1. The molecular weight excluding hydrogens is 408 g/mol. The van der Waals surface area contributed by atoms with E-state index in [1.165, 1.54) is 4.31 Å². The summed E-state index contributed by atoms with van der Waals surface area (Å²) in [4.78, 5) is 13.2. The fourth-order valence-corrected chi connectivity index (χ4v) is 5.46. The van der Waals surface area contributed by atoms with E-state index >= 15 is 0 Å². The van der Waals surface area contributed by atoms with E-state index in [0.717, 1.165) is 30.4 Å². The first-order chi connectivity index (χ1) is 13.8. The molecule has 1 amide bonds. The van der Waals surface area contributed by atoms with Crippen LogP contribution in [0.25, 0.3) is 0 Å². The van der Waals surface area contributed by atoms with Crippen molar-refractivity contribution in [2.45, 2.75) is 50.0 Å². The summed E-state index contributed by atoms with van der Waals surface area (Å²) in [6.45, 7) is 4.86. The molecule has 3 rings (SSSR count). The minimum Gasteiger partial charge on any atom is -0.351 e. The highest BCUT2D eigenvalue weighted by atomic mass is 35.5. The molecular formula is C22H27ClN2O3S. The molecule has 5 nitrogen and oxygen atoms in total. The number of nitrogens with zero attached hydrogens (tertiary/aromatic N) is 1. The van der Waals surface area contributed by atoms with Crippen LogP contribution in [0.5, 0.6) is 0 Å². The van der Waals surface area contributed by atoms with Crippen molar-refractivity contribution in [2.75, 3.05) is 13.1 Å². The molecule has 1 aliphatic rings. The maximum absolute atomic E-state index is 13.0. The Morgan fingerprint density at radius 1 is 1.10 bits per heavy atom. The van der Waals surface area contributed by atoms with E-state index in [2.05, 4.69) is 5.32 Å². The van der Waals surface area contributed by atoms with Crippen LogP contribution in [0.3, 0.4) is 0 Å². The van der Waals surface area contributed by atoms with Crippen LogP contribution in [0, 0.1) is 0 Å². The highest BCUT2D eigenvalue weighted by Gasteiger charge is 2.45. The van der Waals surface area contributed by atoms with Crippen molar-refractivity contribution >= 4 is 27.5 Å². The standard InChI is InChI=1S/C22H27ClN2O3S/c1-3-25(4-2)29(27,28)20-11-9-17(10-12-20)16-24-21(26)22(13-6-14-22)18-7-5-8-19(23)15-18/h5,7-12,15H,3-4,6,13-14,16H2,1-2H3,(H,24,26). The van der Waals surface area contributed by atoms with Crippen LogP contribution in [0.1, 0.15) is 44.2 Å². The molecule has 0 aliphatic heterocycles. The van der Waals surface area contributed by atoms with Gasteiger partial charge in [-0.15, -0.1) is 0 Å². The normalized spacial score (nSPS) is 15.7. The molecule has 1 aliphatic carbocycles. The van der Waals surface area contributed by atoms with Crippen molar-refractivity contribution in [1.29, 1.82) is 0 Å². The number of sulfonamides is 1. The predicted octanol–water partition coefficient (Wildman–Crippen LogP) is 4.11. The van der Waals surface area contributed by atoms with E-state index < -0.39 is 15.4 Å². The van der Waals surface area contributed by atoms with Gasteiger partial charge in [-0.1, -0.05) is 56.1 Å². The van der Waals surface area contributed by atoms with E-state index in [-0.39, 0.29) is 10.8 Å². The van der Waals surface area contributed by atoms with Crippen molar-refractivity contribution in [2.24, 2.45) is 0 Å². The van der Waals surface area contributed by atoms with E-state index in [0.29, 0.717) is 24.7 Å². The summed E-state index contributed by atoms with van der Waals surface area (Å²) in [6.07, 6.45) is 2.62. The molecule has 0 spiro atoms. The molecule has 156 valence electrons.